The predicted octanol–water partition coefficient (Wildman–Crippen LogP) is 5.60. The standard InChI is InChI=1S/C35H34F2N6O2/c1-2-25-28(36)10-9-23-7-3-8-26(29(23)25)31-30(37)32-27(19-39-31)33(42-15-4-6-22(18-38)12-17-42)41-34(40-32)45-21-35-13-5-16-43(35)24(20-44)11-14-35/h1,3,7-10,19,22,24,44H,4-6,11-17,20-21H2/t22?,24-,35-/m1/s1. The number of anilines is 1. The Balaban J connectivity index is 1.35. The molecule has 230 valence electrons. The van der Waals surface area contributed by atoms with Crippen molar-refractivity contribution in [2.75, 3.05) is 37.7 Å². The summed E-state index contributed by atoms with van der Waals surface area (Å²) in [5, 5.41) is 21.0. The molecule has 0 amide bonds. The van der Waals surface area contributed by atoms with Crippen LogP contribution >= 0.6 is 0 Å². The molecular formula is C35H34F2N6O2. The molecule has 3 aliphatic heterocycles. The summed E-state index contributed by atoms with van der Waals surface area (Å²) in [5.41, 5.74) is 0.266. The summed E-state index contributed by atoms with van der Waals surface area (Å²) in [6.45, 7) is 2.57. The van der Waals surface area contributed by atoms with Gasteiger partial charge >= 0.3 is 6.01 Å². The fourth-order valence-corrected chi connectivity index (χ4v) is 7.65. The highest BCUT2D eigenvalue weighted by Gasteiger charge is 2.49. The van der Waals surface area contributed by atoms with E-state index in [1.807, 2.05) is 0 Å². The van der Waals surface area contributed by atoms with Crippen molar-refractivity contribution >= 4 is 27.5 Å². The minimum absolute atomic E-state index is 0.00773. The van der Waals surface area contributed by atoms with Crippen molar-refractivity contribution in [3.8, 4) is 35.7 Å². The molecule has 10 heteroatoms. The third-order valence-corrected chi connectivity index (χ3v) is 9.96. The van der Waals surface area contributed by atoms with E-state index >= 15 is 4.39 Å². The number of pyridine rings is 1. The number of aliphatic hydroxyl groups is 1. The van der Waals surface area contributed by atoms with Crippen LogP contribution in [0.1, 0.15) is 50.5 Å². The summed E-state index contributed by atoms with van der Waals surface area (Å²) in [6, 6.07) is 10.7. The maximum Gasteiger partial charge on any atom is 0.319 e. The number of hydrogen-bond acceptors (Lipinski definition) is 8. The molecule has 5 heterocycles. The average molecular weight is 609 g/mol. The van der Waals surface area contributed by atoms with Gasteiger partial charge in [-0.15, -0.1) is 6.42 Å². The molecule has 0 aliphatic carbocycles. The van der Waals surface area contributed by atoms with E-state index < -0.39 is 11.6 Å². The Labute approximate surface area is 260 Å². The fraction of sp³-hybridized carbons (Fsp3) is 0.429. The van der Waals surface area contributed by atoms with Gasteiger partial charge in [0.1, 0.15) is 29.5 Å². The van der Waals surface area contributed by atoms with Crippen molar-refractivity contribution in [3.63, 3.8) is 0 Å². The lowest BCUT2D eigenvalue weighted by Gasteiger charge is -2.34. The zero-order chi connectivity index (χ0) is 31.1. The van der Waals surface area contributed by atoms with Crippen molar-refractivity contribution in [2.24, 2.45) is 5.92 Å². The number of terminal acetylenes is 1. The van der Waals surface area contributed by atoms with Gasteiger partial charge in [-0.25, -0.2) is 8.78 Å². The van der Waals surface area contributed by atoms with Crippen molar-refractivity contribution in [1.82, 2.24) is 19.9 Å². The number of halogens is 2. The molecule has 2 aromatic carbocycles. The predicted molar refractivity (Wildman–Crippen MR) is 168 cm³/mol. The smallest absolute Gasteiger partial charge is 0.319 e. The first-order valence-corrected chi connectivity index (χ1v) is 15.7. The van der Waals surface area contributed by atoms with Gasteiger partial charge in [-0.3, -0.25) is 9.88 Å². The van der Waals surface area contributed by atoms with E-state index in [1.165, 1.54) is 6.07 Å². The van der Waals surface area contributed by atoms with E-state index in [0.717, 1.165) is 45.1 Å². The van der Waals surface area contributed by atoms with E-state index in [4.69, 9.17) is 16.1 Å². The van der Waals surface area contributed by atoms with Crippen LogP contribution in [0, 0.1) is 41.2 Å². The second-order valence-corrected chi connectivity index (χ2v) is 12.4. The van der Waals surface area contributed by atoms with Crippen LogP contribution in [0.5, 0.6) is 6.01 Å². The second kappa shape index (κ2) is 11.8. The third kappa shape index (κ3) is 5.03. The van der Waals surface area contributed by atoms with Crippen molar-refractivity contribution in [1.29, 1.82) is 5.26 Å². The number of rotatable bonds is 6. The highest BCUT2D eigenvalue weighted by atomic mass is 19.1. The quantitative estimate of drug-likeness (QED) is 0.283. The SMILES string of the molecule is C#Cc1c(F)ccc2cccc(-c3ncc4c(N5CCCC(C#N)CC5)nc(OC[C@]56CCCN5[C@@H](CO)CC6)nc4c3F)c12. The van der Waals surface area contributed by atoms with Crippen molar-refractivity contribution in [2.45, 2.75) is 56.5 Å². The first-order valence-electron chi connectivity index (χ1n) is 15.7. The number of benzene rings is 2. The van der Waals surface area contributed by atoms with Gasteiger partial charge in [-0.2, -0.15) is 15.2 Å². The summed E-state index contributed by atoms with van der Waals surface area (Å²) in [5.74, 6) is 1.66. The molecule has 1 unspecified atom stereocenters. The summed E-state index contributed by atoms with van der Waals surface area (Å²) in [7, 11) is 0. The number of ether oxygens (including phenoxy) is 1. The number of nitriles is 1. The van der Waals surface area contributed by atoms with Crippen LogP contribution < -0.4 is 9.64 Å². The zero-order valence-corrected chi connectivity index (χ0v) is 25.0. The lowest BCUT2D eigenvalue weighted by atomic mass is 9.95. The van der Waals surface area contributed by atoms with E-state index in [9.17, 15) is 14.8 Å². The van der Waals surface area contributed by atoms with Crippen LogP contribution in [0.25, 0.3) is 32.9 Å². The summed E-state index contributed by atoms with van der Waals surface area (Å²) in [4.78, 5) is 18.4. The van der Waals surface area contributed by atoms with Crippen LogP contribution in [-0.4, -0.2) is 69.4 Å². The molecule has 0 saturated carbocycles. The third-order valence-electron chi connectivity index (χ3n) is 9.96. The summed E-state index contributed by atoms with van der Waals surface area (Å²) >= 11 is 0. The maximum absolute atomic E-state index is 16.7. The topological polar surface area (TPSA) is 98.4 Å². The molecule has 3 saturated heterocycles. The highest BCUT2D eigenvalue weighted by Crippen LogP contribution is 2.43. The van der Waals surface area contributed by atoms with Gasteiger partial charge in [0.25, 0.3) is 0 Å². The number of nitrogens with zero attached hydrogens (tertiary/aromatic N) is 6. The van der Waals surface area contributed by atoms with Gasteiger partial charge in [0.2, 0.25) is 0 Å². The van der Waals surface area contributed by atoms with Crippen molar-refractivity contribution in [3.05, 3.63) is 53.7 Å². The summed E-state index contributed by atoms with van der Waals surface area (Å²) < 4.78 is 37.9. The zero-order valence-electron chi connectivity index (χ0n) is 25.0. The van der Waals surface area contributed by atoms with Crippen LogP contribution in [-0.2, 0) is 0 Å². The first-order chi connectivity index (χ1) is 22.0. The molecule has 0 bridgehead atoms. The Hall–Kier alpha value is -4.38. The Morgan fingerprint density at radius 2 is 1.96 bits per heavy atom. The minimum Gasteiger partial charge on any atom is -0.461 e. The minimum atomic E-state index is -0.674. The maximum atomic E-state index is 16.7. The number of aliphatic hydroxyl groups excluding tert-OH is 1. The fourth-order valence-electron chi connectivity index (χ4n) is 7.65. The molecule has 3 fully saturated rings. The van der Waals surface area contributed by atoms with E-state index in [1.54, 1.807) is 30.5 Å². The molecule has 4 aromatic rings. The van der Waals surface area contributed by atoms with E-state index in [0.29, 0.717) is 53.7 Å². The molecule has 0 spiro atoms. The second-order valence-electron chi connectivity index (χ2n) is 12.4. The van der Waals surface area contributed by atoms with Gasteiger partial charge in [-0.05, 0) is 62.9 Å². The summed E-state index contributed by atoms with van der Waals surface area (Å²) in [6.07, 6.45) is 13.3. The Kier molecular flexibility index (Phi) is 7.72. The number of hydrogen-bond donors (Lipinski definition) is 1. The van der Waals surface area contributed by atoms with E-state index in [2.05, 4.69) is 31.8 Å². The lowest BCUT2D eigenvalue weighted by Crippen LogP contribution is -2.47. The van der Waals surface area contributed by atoms with Gasteiger partial charge in [0, 0.05) is 42.2 Å². The largest absolute Gasteiger partial charge is 0.461 e. The van der Waals surface area contributed by atoms with Crippen LogP contribution in [0.4, 0.5) is 14.6 Å². The molecule has 45 heavy (non-hydrogen) atoms. The van der Waals surface area contributed by atoms with Gasteiger partial charge in [-0.1, -0.05) is 30.2 Å². The van der Waals surface area contributed by atoms with Crippen molar-refractivity contribution < 1.29 is 18.6 Å². The van der Waals surface area contributed by atoms with Gasteiger partial charge in [0.05, 0.1) is 29.2 Å². The molecular weight excluding hydrogens is 574 g/mol. The van der Waals surface area contributed by atoms with E-state index in [-0.39, 0.29) is 46.9 Å². The average Bonchev–Trinajstić information content (AvgIpc) is 3.53. The Morgan fingerprint density at radius 1 is 1.07 bits per heavy atom. The molecule has 8 nitrogen and oxygen atoms in total. The number of fused-ring (bicyclic) bond motifs is 3. The highest BCUT2D eigenvalue weighted by molar-refractivity contribution is 6.02. The van der Waals surface area contributed by atoms with Gasteiger partial charge < -0.3 is 14.7 Å². The molecule has 0 radical (unpaired) electrons. The number of aromatic nitrogens is 3. The monoisotopic (exact) mass is 608 g/mol. The molecule has 1 N–H and O–H groups in total. The lowest BCUT2D eigenvalue weighted by molar-refractivity contribution is 0.0644. The van der Waals surface area contributed by atoms with Crippen LogP contribution in [0.15, 0.2) is 36.5 Å². The van der Waals surface area contributed by atoms with Gasteiger partial charge in [0.15, 0.2) is 5.82 Å². The normalized spacial score (nSPS) is 23.5. The van der Waals surface area contributed by atoms with Crippen LogP contribution in [0.2, 0.25) is 0 Å². The molecule has 3 aliphatic rings. The van der Waals surface area contributed by atoms with Crippen LogP contribution in [0.3, 0.4) is 0 Å². The Bertz CT molecular complexity index is 1870. The molecule has 3 atom stereocenters. The molecule has 7 rings (SSSR count). The first kappa shape index (κ1) is 29.3. The molecule has 2 aromatic heterocycles. The Morgan fingerprint density at radius 3 is 2.78 bits per heavy atom.